The Morgan fingerprint density at radius 2 is 0.913 bits per heavy atom. The highest BCUT2D eigenvalue weighted by molar-refractivity contribution is 6.10. The maximum Gasteiger partial charge on any atom is 0.164 e. The first-order valence-corrected chi connectivity index (χ1v) is 15.4. The Labute approximate surface area is 265 Å². The van der Waals surface area contributed by atoms with Crippen LogP contribution in [-0.4, -0.2) is 15.0 Å². The topological polar surface area (TPSA) is 51.8 Å². The molecule has 0 radical (unpaired) electrons. The second-order valence-electron chi connectivity index (χ2n) is 11.7. The summed E-state index contributed by atoms with van der Waals surface area (Å²) in [7, 11) is 0. The summed E-state index contributed by atoms with van der Waals surface area (Å²) in [5, 5.41) is 6.91. The van der Waals surface area contributed by atoms with Crippen LogP contribution < -0.4 is 0 Å². The molecule has 9 rings (SSSR count). The van der Waals surface area contributed by atoms with Gasteiger partial charge in [0, 0.05) is 33.0 Å². The maximum atomic E-state index is 6.39. The van der Waals surface area contributed by atoms with Crippen molar-refractivity contribution in [3.8, 4) is 45.3 Å². The van der Waals surface area contributed by atoms with Gasteiger partial charge in [0.25, 0.3) is 0 Å². The fourth-order valence-electron chi connectivity index (χ4n) is 6.45. The van der Waals surface area contributed by atoms with E-state index in [1.165, 1.54) is 10.8 Å². The molecular formula is C42H27N3O. The standard InChI is InChI=1S/C42H27N3O/c1-26-14-23-36-35-12-6-7-13-37(35)46-39(36)38(26)29-17-19-30(20-18-29)40-43-41(33-21-15-27-8-2-4-10-31(27)24-33)45-42(44-40)34-22-16-28-9-3-5-11-32(28)25-34/h2-25H,1H3. The van der Waals surface area contributed by atoms with Crippen LogP contribution in [0.25, 0.3) is 88.8 Å². The average Bonchev–Trinajstić information content (AvgIpc) is 3.49. The number of aryl methyl sites for hydroxylation is 1. The molecule has 46 heavy (non-hydrogen) atoms. The van der Waals surface area contributed by atoms with E-state index in [1.807, 2.05) is 12.1 Å². The minimum atomic E-state index is 0.631. The van der Waals surface area contributed by atoms with Crippen molar-refractivity contribution in [3.05, 3.63) is 151 Å². The Hall–Kier alpha value is -6.13. The molecule has 0 saturated carbocycles. The minimum absolute atomic E-state index is 0.631. The summed E-state index contributed by atoms with van der Waals surface area (Å²) < 4.78 is 6.39. The first-order chi connectivity index (χ1) is 22.7. The second kappa shape index (κ2) is 10.5. The number of hydrogen-bond donors (Lipinski definition) is 0. The predicted octanol–water partition coefficient (Wildman–Crippen LogP) is 11.1. The van der Waals surface area contributed by atoms with Gasteiger partial charge in [0.2, 0.25) is 0 Å². The molecule has 216 valence electrons. The minimum Gasteiger partial charge on any atom is -0.455 e. The Morgan fingerprint density at radius 3 is 1.54 bits per heavy atom. The maximum absolute atomic E-state index is 6.39. The van der Waals surface area contributed by atoms with E-state index >= 15 is 0 Å². The van der Waals surface area contributed by atoms with Gasteiger partial charge in [-0.1, -0.05) is 127 Å². The van der Waals surface area contributed by atoms with Crippen molar-refractivity contribution in [2.75, 3.05) is 0 Å². The van der Waals surface area contributed by atoms with Crippen molar-refractivity contribution in [3.63, 3.8) is 0 Å². The zero-order chi connectivity index (χ0) is 30.6. The van der Waals surface area contributed by atoms with Gasteiger partial charge in [-0.25, -0.2) is 15.0 Å². The third-order valence-corrected chi connectivity index (χ3v) is 8.84. The van der Waals surface area contributed by atoms with Crippen LogP contribution in [0.3, 0.4) is 0 Å². The number of fused-ring (bicyclic) bond motifs is 5. The molecule has 0 aliphatic rings. The first-order valence-electron chi connectivity index (χ1n) is 15.4. The molecule has 0 amide bonds. The molecule has 2 aromatic heterocycles. The van der Waals surface area contributed by atoms with Gasteiger partial charge in [-0.15, -0.1) is 0 Å². The molecule has 0 aliphatic carbocycles. The Balaban J connectivity index is 1.19. The van der Waals surface area contributed by atoms with Crippen LogP contribution in [0.2, 0.25) is 0 Å². The van der Waals surface area contributed by atoms with E-state index in [0.717, 1.165) is 66.1 Å². The lowest BCUT2D eigenvalue weighted by Gasteiger charge is -2.11. The summed E-state index contributed by atoms with van der Waals surface area (Å²) in [5.74, 6) is 1.92. The van der Waals surface area contributed by atoms with Crippen LogP contribution in [0.1, 0.15) is 5.56 Å². The smallest absolute Gasteiger partial charge is 0.164 e. The van der Waals surface area contributed by atoms with Crippen LogP contribution in [0, 0.1) is 6.92 Å². The van der Waals surface area contributed by atoms with Crippen molar-refractivity contribution in [2.45, 2.75) is 6.92 Å². The van der Waals surface area contributed by atoms with Gasteiger partial charge in [-0.05, 0) is 57.8 Å². The van der Waals surface area contributed by atoms with Crippen molar-refractivity contribution in [1.82, 2.24) is 15.0 Å². The van der Waals surface area contributed by atoms with Crippen LogP contribution in [0.5, 0.6) is 0 Å². The van der Waals surface area contributed by atoms with Gasteiger partial charge < -0.3 is 4.42 Å². The molecule has 0 saturated heterocycles. The number of rotatable bonds is 4. The Morgan fingerprint density at radius 1 is 0.413 bits per heavy atom. The summed E-state index contributed by atoms with van der Waals surface area (Å²) in [5.41, 5.74) is 7.98. The first kappa shape index (κ1) is 26.3. The molecule has 0 spiro atoms. The van der Waals surface area contributed by atoms with Crippen LogP contribution in [0.4, 0.5) is 0 Å². The van der Waals surface area contributed by atoms with Gasteiger partial charge in [0.05, 0.1) is 0 Å². The quantitative estimate of drug-likeness (QED) is 0.205. The normalized spacial score (nSPS) is 11.6. The highest BCUT2D eigenvalue weighted by atomic mass is 16.3. The number of hydrogen-bond acceptors (Lipinski definition) is 4. The van der Waals surface area contributed by atoms with Gasteiger partial charge >= 0.3 is 0 Å². The van der Waals surface area contributed by atoms with Crippen LogP contribution in [0.15, 0.2) is 150 Å². The fraction of sp³-hybridized carbons (Fsp3) is 0.0238. The monoisotopic (exact) mass is 589 g/mol. The summed E-state index contributed by atoms with van der Waals surface area (Å²) in [4.78, 5) is 15.1. The van der Waals surface area contributed by atoms with Gasteiger partial charge in [0.1, 0.15) is 11.2 Å². The van der Waals surface area contributed by atoms with Crippen molar-refractivity contribution in [1.29, 1.82) is 0 Å². The summed E-state index contributed by atoms with van der Waals surface area (Å²) in [6, 6.07) is 50.4. The molecule has 4 nitrogen and oxygen atoms in total. The van der Waals surface area contributed by atoms with Gasteiger partial charge in [0.15, 0.2) is 17.5 Å². The number of furan rings is 1. The van der Waals surface area contributed by atoms with E-state index in [0.29, 0.717) is 17.5 Å². The highest BCUT2D eigenvalue weighted by Gasteiger charge is 2.17. The third-order valence-electron chi connectivity index (χ3n) is 8.84. The number of aromatic nitrogens is 3. The largest absolute Gasteiger partial charge is 0.455 e. The van der Waals surface area contributed by atoms with E-state index in [1.54, 1.807) is 0 Å². The van der Waals surface area contributed by atoms with Crippen molar-refractivity contribution >= 4 is 43.5 Å². The molecule has 2 heterocycles. The number of para-hydroxylation sites is 1. The zero-order valence-corrected chi connectivity index (χ0v) is 25.1. The van der Waals surface area contributed by atoms with E-state index < -0.39 is 0 Å². The highest BCUT2D eigenvalue weighted by Crippen LogP contribution is 2.38. The van der Waals surface area contributed by atoms with E-state index in [-0.39, 0.29) is 0 Å². The number of nitrogens with zero attached hydrogens (tertiary/aromatic N) is 3. The molecule has 0 aliphatic heterocycles. The molecular weight excluding hydrogens is 562 g/mol. The molecule has 9 aromatic rings. The lowest BCUT2D eigenvalue weighted by atomic mass is 9.96. The lowest BCUT2D eigenvalue weighted by Crippen LogP contribution is -2.00. The van der Waals surface area contributed by atoms with E-state index in [9.17, 15) is 0 Å². The second-order valence-corrected chi connectivity index (χ2v) is 11.7. The summed E-state index contributed by atoms with van der Waals surface area (Å²) in [6.45, 7) is 2.13. The van der Waals surface area contributed by atoms with Crippen molar-refractivity contribution < 1.29 is 4.42 Å². The molecule has 0 atom stereocenters. The van der Waals surface area contributed by atoms with Crippen LogP contribution in [-0.2, 0) is 0 Å². The average molecular weight is 590 g/mol. The van der Waals surface area contributed by atoms with Crippen LogP contribution >= 0.6 is 0 Å². The molecule has 4 heteroatoms. The van der Waals surface area contributed by atoms with Gasteiger partial charge in [-0.3, -0.25) is 0 Å². The summed E-state index contributed by atoms with van der Waals surface area (Å²) in [6.07, 6.45) is 0. The van der Waals surface area contributed by atoms with Gasteiger partial charge in [-0.2, -0.15) is 0 Å². The molecule has 0 fully saturated rings. The van der Waals surface area contributed by atoms with E-state index in [4.69, 9.17) is 19.4 Å². The Kier molecular flexibility index (Phi) is 6.00. The molecule has 7 aromatic carbocycles. The Bertz CT molecular complexity index is 2500. The molecule has 0 bridgehead atoms. The van der Waals surface area contributed by atoms with E-state index in [2.05, 4.69) is 140 Å². The summed E-state index contributed by atoms with van der Waals surface area (Å²) >= 11 is 0. The zero-order valence-electron chi connectivity index (χ0n) is 25.1. The molecule has 0 unspecified atom stereocenters. The SMILES string of the molecule is Cc1ccc2c(oc3ccccc32)c1-c1ccc(-c2nc(-c3ccc4ccccc4c3)nc(-c3ccc4ccccc4c3)n2)cc1. The number of benzene rings is 7. The fourth-order valence-corrected chi connectivity index (χ4v) is 6.45. The molecule has 0 N–H and O–H groups in total. The predicted molar refractivity (Wildman–Crippen MR) is 189 cm³/mol. The lowest BCUT2D eigenvalue weighted by molar-refractivity contribution is 0.669. The van der Waals surface area contributed by atoms with Crippen molar-refractivity contribution in [2.24, 2.45) is 0 Å². The third kappa shape index (κ3) is 4.42.